The molecule has 1 aromatic carbocycles. The van der Waals surface area contributed by atoms with Crippen molar-refractivity contribution in [1.29, 1.82) is 0 Å². The normalized spacial score (nSPS) is 19.8. The first-order valence-electron chi connectivity index (χ1n) is 9.11. The lowest BCUT2D eigenvalue weighted by Gasteiger charge is -2.34. The monoisotopic (exact) mass is 400 g/mol. The molecule has 0 unspecified atom stereocenters. The number of likely N-dealkylation sites (tertiary alicyclic amines) is 1. The summed E-state index contributed by atoms with van der Waals surface area (Å²) in [5, 5.41) is 17.6. The summed E-state index contributed by atoms with van der Waals surface area (Å²) in [5.41, 5.74) is 0.969. The molecule has 2 aromatic heterocycles. The highest BCUT2D eigenvalue weighted by Gasteiger charge is 2.30. The molecule has 2 amide bonds. The van der Waals surface area contributed by atoms with E-state index >= 15 is 0 Å². The van der Waals surface area contributed by atoms with E-state index in [2.05, 4.69) is 25.8 Å². The van der Waals surface area contributed by atoms with Gasteiger partial charge in [-0.3, -0.25) is 5.32 Å². The van der Waals surface area contributed by atoms with Gasteiger partial charge >= 0.3 is 6.03 Å². The van der Waals surface area contributed by atoms with Crippen molar-refractivity contribution in [1.82, 2.24) is 25.4 Å². The lowest BCUT2D eigenvalue weighted by molar-refractivity contribution is 0.126. The molecule has 3 heterocycles. The Balaban J connectivity index is 1.51. The third kappa shape index (κ3) is 3.81. The Bertz CT molecular complexity index is 1010. The molecule has 0 bridgehead atoms. The lowest BCUT2D eigenvalue weighted by Crippen LogP contribution is -2.52. The minimum Gasteiger partial charge on any atom is -0.321 e. The summed E-state index contributed by atoms with van der Waals surface area (Å²) in [6.07, 6.45) is 1.22. The summed E-state index contributed by atoms with van der Waals surface area (Å²) in [5.74, 6) is 0.439. The molecule has 28 heavy (non-hydrogen) atoms. The number of hydrogen-bond donors (Lipinski definition) is 2. The van der Waals surface area contributed by atoms with Crippen molar-refractivity contribution >= 4 is 34.0 Å². The van der Waals surface area contributed by atoms with Gasteiger partial charge in [0.05, 0.1) is 6.54 Å². The average molecular weight is 400 g/mol. The van der Waals surface area contributed by atoms with Crippen LogP contribution in [-0.2, 0) is 0 Å². The molecule has 0 aliphatic carbocycles. The summed E-state index contributed by atoms with van der Waals surface area (Å²) < 4.78 is 14.1. The van der Waals surface area contributed by atoms with Crippen LogP contribution in [0.1, 0.15) is 11.4 Å². The van der Waals surface area contributed by atoms with Gasteiger partial charge in [0, 0.05) is 29.7 Å². The minimum atomic E-state index is -1.08. The van der Waals surface area contributed by atoms with E-state index in [1.807, 2.05) is 31.2 Å². The Kier molecular flexibility index (Phi) is 5.19. The molecule has 1 aliphatic rings. The van der Waals surface area contributed by atoms with Gasteiger partial charge in [0.15, 0.2) is 0 Å². The molecule has 3 aromatic rings. The zero-order chi connectivity index (χ0) is 19.7. The van der Waals surface area contributed by atoms with Crippen LogP contribution < -0.4 is 10.6 Å². The maximum atomic E-state index is 14.1. The number of aromatic nitrogens is 3. The van der Waals surface area contributed by atoms with E-state index in [0.29, 0.717) is 18.8 Å². The highest BCUT2D eigenvalue weighted by atomic mass is 32.1. The minimum absolute atomic E-state index is 0.0749. The molecule has 2 N–H and O–H groups in total. The molecule has 1 saturated heterocycles. The van der Waals surface area contributed by atoms with Crippen molar-refractivity contribution in [2.45, 2.75) is 25.6 Å². The van der Waals surface area contributed by atoms with Crippen LogP contribution in [0.5, 0.6) is 0 Å². The number of nitrogens with zero attached hydrogens (tertiary/aromatic N) is 4. The van der Waals surface area contributed by atoms with Gasteiger partial charge in [-0.2, -0.15) is 0 Å². The number of halogens is 1. The van der Waals surface area contributed by atoms with Gasteiger partial charge in [-0.1, -0.05) is 23.5 Å². The van der Waals surface area contributed by atoms with Crippen molar-refractivity contribution < 1.29 is 9.18 Å². The molecule has 4 rings (SSSR count). The van der Waals surface area contributed by atoms with Crippen LogP contribution in [0.2, 0.25) is 0 Å². The first-order chi connectivity index (χ1) is 13.5. The number of benzene rings is 1. The maximum Gasteiger partial charge on any atom is 0.323 e. The predicted molar refractivity (Wildman–Crippen MR) is 108 cm³/mol. The Morgan fingerprint density at radius 2 is 2.14 bits per heavy atom. The largest absolute Gasteiger partial charge is 0.323 e. The molecule has 9 heteroatoms. The van der Waals surface area contributed by atoms with Crippen LogP contribution in [0.3, 0.4) is 0 Å². The van der Waals surface area contributed by atoms with E-state index in [9.17, 15) is 9.18 Å². The van der Waals surface area contributed by atoms with Crippen molar-refractivity contribution in [2.24, 2.45) is 0 Å². The van der Waals surface area contributed by atoms with E-state index in [-0.39, 0.29) is 18.6 Å². The zero-order valence-electron chi connectivity index (χ0n) is 15.6. The summed E-state index contributed by atoms with van der Waals surface area (Å²) in [6.45, 7) is 2.50. The van der Waals surface area contributed by atoms with Gasteiger partial charge in [0.1, 0.15) is 22.0 Å². The van der Waals surface area contributed by atoms with Gasteiger partial charge < -0.3 is 10.2 Å². The first-order valence-corrected chi connectivity index (χ1v) is 9.92. The molecular formula is C19H21FN6OS. The number of rotatable bonds is 3. The third-order valence-electron chi connectivity index (χ3n) is 4.93. The number of carbonyl (C=O) groups is 1. The van der Waals surface area contributed by atoms with E-state index in [1.165, 1.54) is 16.2 Å². The topological polar surface area (TPSA) is 83.0 Å². The summed E-state index contributed by atoms with van der Waals surface area (Å²) in [4.78, 5) is 18.3. The standard InChI is InChI=1S/C19H21FN6OS/c1-11-24-25-18(28-11)12-3-4-13-9-22-17(8-14(13)7-12)23-19(27)26-6-5-16(21-2)15(20)10-26/h3-4,7-9,15-16,21H,5-6,10H2,1-2H3,(H,22,23,27)/t15-,16+/m1/s1. The lowest BCUT2D eigenvalue weighted by atomic mass is 10.0. The molecular weight excluding hydrogens is 379 g/mol. The number of nitrogens with one attached hydrogen (secondary N) is 2. The summed E-state index contributed by atoms with van der Waals surface area (Å²) >= 11 is 1.53. The molecule has 1 fully saturated rings. The SMILES string of the molecule is CN[C@H]1CCN(C(=O)Nc2cc3cc(-c4nnc(C)s4)ccc3cn2)C[C@H]1F. The number of fused-ring (bicyclic) bond motifs is 1. The third-order valence-corrected chi connectivity index (χ3v) is 5.82. The van der Waals surface area contributed by atoms with Crippen molar-refractivity contribution in [2.75, 3.05) is 25.5 Å². The fourth-order valence-corrected chi connectivity index (χ4v) is 4.05. The smallest absolute Gasteiger partial charge is 0.321 e. The van der Waals surface area contributed by atoms with Gasteiger partial charge in [-0.15, -0.1) is 10.2 Å². The number of pyridine rings is 1. The Morgan fingerprint density at radius 3 is 2.86 bits per heavy atom. The van der Waals surface area contributed by atoms with E-state index in [1.54, 1.807) is 13.2 Å². The van der Waals surface area contributed by atoms with Crippen LogP contribution in [0.4, 0.5) is 15.0 Å². The number of anilines is 1. The number of hydrogen-bond acceptors (Lipinski definition) is 6. The second-order valence-corrected chi connectivity index (χ2v) is 8.02. The summed E-state index contributed by atoms with van der Waals surface area (Å²) in [6, 6.07) is 7.23. The highest BCUT2D eigenvalue weighted by molar-refractivity contribution is 7.14. The van der Waals surface area contributed by atoms with Crippen molar-refractivity contribution in [3.63, 3.8) is 0 Å². The number of urea groups is 1. The first kappa shape index (κ1) is 18.7. The van der Waals surface area contributed by atoms with Crippen LogP contribution in [0.15, 0.2) is 30.5 Å². The summed E-state index contributed by atoms with van der Waals surface area (Å²) in [7, 11) is 1.74. The second kappa shape index (κ2) is 7.76. The molecule has 1 aliphatic heterocycles. The van der Waals surface area contributed by atoms with Crippen LogP contribution in [-0.4, -0.2) is 58.5 Å². The number of aryl methyl sites for hydroxylation is 1. The Morgan fingerprint density at radius 1 is 1.29 bits per heavy atom. The average Bonchev–Trinajstić information content (AvgIpc) is 3.13. The van der Waals surface area contributed by atoms with Crippen LogP contribution >= 0.6 is 11.3 Å². The Hall–Kier alpha value is -2.65. The van der Waals surface area contributed by atoms with E-state index in [0.717, 1.165) is 26.4 Å². The quantitative estimate of drug-likeness (QED) is 0.705. The zero-order valence-corrected chi connectivity index (χ0v) is 16.5. The molecule has 0 spiro atoms. The number of amides is 2. The van der Waals surface area contributed by atoms with Gasteiger partial charge in [0.25, 0.3) is 0 Å². The van der Waals surface area contributed by atoms with Crippen molar-refractivity contribution in [3.05, 3.63) is 35.5 Å². The van der Waals surface area contributed by atoms with Crippen molar-refractivity contribution in [3.8, 4) is 10.6 Å². The number of piperidine rings is 1. The molecule has 0 radical (unpaired) electrons. The van der Waals surface area contributed by atoms with Gasteiger partial charge in [-0.05, 0) is 37.9 Å². The predicted octanol–water partition coefficient (Wildman–Crippen LogP) is 3.23. The van der Waals surface area contributed by atoms with Gasteiger partial charge in [-0.25, -0.2) is 14.2 Å². The number of carbonyl (C=O) groups excluding carboxylic acids is 1. The maximum absolute atomic E-state index is 14.1. The van der Waals surface area contributed by atoms with E-state index < -0.39 is 6.17 Å². The van der Waals surface area contributed by atoms with Crippen LogP contribution in [0.25, 0.3) is 21.3 Å². The molecule has 2 atom stereocenters. The molecule has 7 nitrogen and oxygen atoms in total. The van der Waals surface area contributed by atoms with Crippen LogP contribution in [0, 0.1) is 6.92 Å². The second-order valence-electron chi connectivity index (χ2n) is 6.83. The van der Waals surface area contributed by atoms with E-state index in [4.69, 9.17) is 0 Å². The molecule has 0 saturated carbocycles. The Labute approximate surface area is 166 Å². The fraction of sp³-hybridized carbons (Fsp3) is 0.368. The highest BCUT2D eigenvalue weighted by Crippen LogP contribution is 2.27. The number of alkyl halides is 1. The molecule has 146 valence electrons. The fourth-order valence-electron chi connectivity index (χ4n) is 3.36. The van der Waals surface area contributed by atoms with Gasteiger partial charge in [0.2, 0.25) is 0 Å².